The SMILES string of the molecule is CC(N)C1CCN(Cc2cc(=O)n3ccsc3n2)CC1. The van der Waals surface area contributed by atoms with E-state index in [0.717, 1.165) is 43.1 Å². The lowest BCUT2D eigenvalue weighted by Gasteiger charge is -2.33. The minimum atomic E-state index is 0.0108. The Morgan fingerprint density at radius 3 is 2.95 bits per heavy atom. The fourth-order valence-corrected chi connectivity index (χ4v) is 3.57. The van der Waals surface area contributed by atoms with E-state index < -0.39 is 0 Å². The molecule has 0 bridgehead atoms. The highest BCUT2D eigenvalue weighted by atomic mass is 32.1. The van der Waals surface area contributed by atoms with Crippen LogP contribution in [0, 0.1) is 5.92 Å². The lowest BCUT2D eigenvalue weighted by atomic mass is 9.91. The van der Waals surface area contributed by atoms with E-state index in [1.165, 1.54) is 11.3 Å². The summed E-state index contributed by atoms with van der Waals surface area (Å²) in [5.41, 5.74) is 6.84. The second kappa shape index (κ2) is 5.63. The van der Waals surface area contributed by atoms with E-state index in [2.05, 4.69) is 16.8 Å². The Bertz CT molecular complexity index is 640. The molecule has 1 aliphatic rings. The zero-order valence-corrected chi connectivity index (χ0v) is 12.5. The molecule has 0 spiro atoms. The smallest absolute Gasteiger partial charge is 0.258 e. The van der Waals surface area contributed by atoms with Gasteiger partial charge in [0.05, 0.1) is 5.69 Å². The van der Waals surface area contributed by atoms with Crippen molar-refractivity contribution in [2.24, 2.45) is 11.7 Å². The van der Waals surface area contributed by atoms with Crippen LogP contribution < -0.4 is 11.3 Å². The summed E-state index contributed by atoms with van der Waals surface area (Å²) in [4.78, 5) is 19.6. The van der Waals surface area contributed by atoms with Crippen LogP contribution in [0.25, 0.3) is 4.96 Å². The topological polar surface area (TPSA) is 63.6 Å². The molecule has 3 rings (SSSR count). The van der Waals surface area contributed by atoms with E-state index >= 15 is 0 Å². The van der Waals surface area contributed by atoms with E-state index in [4.69, 9.17) is 5.73 Å². The van der Waals surface area contributed by atoms with Gasteiger partial charge < -0.3 is 5.73 Å². The van der Waals surface area contributed by atoms with Gasteiger partial charge in [-0.1, -0.05) is 0 Å². The number of likely N-dealkylation sites (tertiary alicyclic amines) is 1. The third-order valence-electron chi connectivity index (χ3n) is 4.12. The minimum Gasteiger partial charge on any atom is -0.328 e. The minimum absolute atomic E-state index is 0.0108. The molecule has 0 amide bonds. The van der Waals surface area contributed by atoms with Crippen molar-refractivity contribution in [2.75, 3.05) is 13.1 Å². The number of hydrogen-bond donors (Lipinski definition) is 1. The maximum Gasteiger partial charge on any atom is 0.258 e. The molecule has 0 aliphatic carbocycles. The number of hydrogen-bond acceptors (Lipinski definition) is 5. The molecule has 5 nitrogen and oxygen atoms in total. The number of fused-ring (bicyclic) bond motifs is 1. The molecule has 0 radical (unpaired) electrons. The molecule has 2 aromatic rings. The zero-order chi connectivity index (χ0) is 14.1. The molecule has 3 heterocycles. The van der Waals surface area contributed by atoms with E-state index in [0.29, 0.717) is 5.92 Å². The quantitative estimate of drug-likeness (QED) is 0.926. The van der Waals surface area contributed by atoms with Crippen LogP contribution in [0.3, 0.4) is 0 Å². The Balaban J connectivity index is 1.70. The Morgan fingerprint density at radius 1 is 1.50 bits per heavy atom. The van der Waals surface area contributed by atoms with Gasteiger partial charge in [-0.25, -0.2) is 4.98 Å². The highest BCUT2D eigenvalue weighted by Crippen LogP contribution is 2.20. The average Bonchev–Trinajstić information content (AvgIpc) is 2.88. The molecule has 20 heavy (non-hydrogen) atoms. The lowest BCUT2D eigenvalue weighted by Crippen LogP contribution is -2.39. The van der Waals surface area contributed by atoms with Crippen molar-refractivity contribution in [1.29, 1.82) is 0 Å². The van der Waals surface area contributed by atoms with Crippen LogP contribution in [0.1, 0.15) is 25.5 Å². The first kappa shape index (κ1) is 13.7. The predicted octanol–water partition coefficient (Wildman–Crippen LogP) is 1.32. The molecule has 1 aliphatic heterocycles. The van der Waals surface area contributed by atoms with E-state index in [9.17, 15) is 4.79 Å². The fraction of sp³-hybridized carbons (Fsp3) is 0.571. The van der Waals surface area contributed by atoms with Crippen molar-refractivity contribution in [3.8, 4) is 0 Å². The van der Waals surface area contributed by atoms with E-state index in [1.54, 1.807) is 16.7 Å². The van der Waals surface area contributed by atoms with Gasteiger partial charge in [-0.15, -0.1) is 11.3 Å². The second-order valence-corrected chi connectivity index (χ2v) is 6.49. The maximum atomic E-state index is 11.9. The Morgan fingerprint density at radius 2 is 2.25 bits per heavy atom. The normalized spacial score (nSPS) is 19.5. The molecular formula is C14H20N4OS. The molecule has 1 atom stereocenters. The molecule has 0 saturated carbocycles. The summed E-state index contributed by atoms with van der Waals surface area (Å²) in [7, 11) is 0. The van der Waals surface area contributed by atoms with Crippen molar-refractivity contribution in [3.05, 3.63) is 33.7 Å². The number of nitrogens with two attached hydrogens (primary N) is 1. The van der Waals surface area contributed by atoms with Gasteiger partial charge in [-0.3, -0.25) is 14.1 Å². The van der Waals surface area contributed by atoms with Crippen LogP contribution in [0.15, 0.2) is 22.4 Å². The van der Waals surface area contributed by atoms with E-state index in [-0.39, 0.29) is 11.6 Å². The molecular weight excluding hydrogens is 272 g/mol. The van der Waals surface area contributed by atoms with E-state index in [1.807, 2.05) is 5.38 Å². The number of nitrogens with zero attached hydrogens (tertiary/aromatic N) is 3. The van der Waals surface area contributed by atoms with Crippen LogP contribution in [0.5, 0.6) is 0 Å². The molecule has 0 aromatic carbocycles. The van der Waals surface area contributed by atoms with Crippen LogP contribution in [0.2, 0.25) is 0 Å². The number of thiazole rings is 1. The first-order valence-electron chi connectivity index (χ1n) is 7.07. The van der Waals surface area contributed by atoms with Crippen molar-refractivity contribution in [3.63, 3.8) is 0 Å². The van der Waals surface area contributed by atoms with Crippen LogP contribution in [-0.2, 0) is 6.54 Å². The summed E-state index contributed by atoms with van der Waals surface area (Å²) in [5.74, 6) is 0.629. The third-order valence-corrected chi connectivity index (χ3v) is 4.87. The molecule has 1 fully saturated rings. The number of piperidine rings is 1. The molecule has 2 aromatic heterocycles. The molecule has 1 unspecified atom stereocenters. The van der Waals surface area contributed by atoms with Gasteiger partial charge in [0.2, 0.25) is 0 Å². The maximum absolute atomic E-state index is 11.9. The molecule has 108 valence electrons. The summed E-state index contributed by atoms with van der Waals surface area (Å²) >= 11 is 1.50. The second-order valence-electron chi connectivity index (χ2n) is 5.61. The van der Waals surface area contributed by atoms with Gasteiger partial charge in [0.15, 0.2) is 4.96 Å². The van der Waals surface area contributed by atoms with Crippen molar-refractivity contribution in [2.45, 2.75) is 32.4 Å². The summed E-state index contributed by atoms with van der Waals surface area (Å²) < 4.78 is 1.59. The lowest BCUT2D eigenvalue weighted by molar-refractivity contribution is 0.164. The molecule has 1 saturated heterocycles. The van der Waals surface area contributed by atoms with Crippen molar-refractivity contribution < 1.29 is 0 Å². The first-order chi connectivity index (χ1) is 9.63. The fourth-order valence-electron chi connectivity index (χ4n) is 2.83. The predicted molar refractivity (Wildman–Crippen MR) is 81.0 cm³/mol. The van der Waals surface area contributed by atoms with Gasteiger partial charge in [0.1, 0.15) is 0 Å². The summed E-state index contributed by atoms with van der Waals surface area (Å²) in [6.45, 7) is 4.93. The van der Waals surface area contributed by atoms with Crippen molar-refractivity contribution in [1.82, 2.24) is 14.3 Å². The standard InChI is InChI=1S/C14H20N4OS/c1-10(15)11-2-4-17(5-3-11)9-12-8-13(19)18-6-7-20-14(18)16-12/h6-8,10-11H,2-5,9,15H2,1H3. The first-order valence-corrected chi connectivity index (χ1v) is 7.95. The van der Waals surface area contributed by atoms with Crippen LogP contribution in [-0.4, -0.2) is 33.4 Å². The summed E-state index contributed by atoms with van der Waals surface area (Å²) in [6, 6.07) is 1.93. The molecule has 6 heteroatoms. The largest absolute Gasteiger partial charge is 0.328 e. The third kappa shape index (κ3) is 2.77. The Hall–Kier alpha value is -1.24. The van der Waals surface area contributed by atoms with Crippen molar-refractivity contribution >= 4 is 16.3 Å². The zero-order valence-electron chi connectivity index (χ0n) is 11.7. The van der Waals surface area contributed by atoms with Gasteiger partial charge in [0, 0.05) is 30.2 Å². The Labute approximate surface area is 122 Å². The number of aromatic nitrogens is 2. The Kier molecular flexibility index (Phi) is 3.87. The van der Waals surface area contributed by atoms with Crippen LogP contribution in [0.4, 0.5) is 0 Å². The van der Waals surface area contributed by atoms with Gasteiger partial charge in [0.25, 0.3) is 5.56 Å². The van der Waals surface area contributed by atoms with Gasteiger partial charge in [-0.05, 0) is 38.8 Å². The van der Waals surface area contributed by atoms with Gasteiger partial charge in [-0.2, -0.15) is 0 Å². The highest BCUT2D eigenvalue weighted by Gasteiger charge is 2.22. The van der Waals surface area contributed by atoms with Crippen LogP contribution >= 0.6 is 11.3 Å². The summed E-state index contributed by atoms with van der Waals surface area (Å²) in [6.07, 6.45) is 4.04. The highest BCUT2D eigenvalue weighted by molar-refractivity contribution is 7.15. The molecule has 2 N–H and O–H groups in total. The monoisotopic (exact) mass is 292 g/mol. The average molecular weight is 292 g/mol. The van der Waals surface area contributed by atoms with Gasteiger partial charge >= 0.3 is 0 Å². The summed E-state index contributed by atoms with van der Waals surface area (Å²) in [5, 5.41) is 1.89. The number of rotatable bonds is 3.